The van der Waals surface area contributed by atoms with E-state index in [1.807, 2.05) is 6.92 Å². The number of rotatable bonds is 4. The number of H-pyrrole nitrogens is 1. The molecule has 2 N–H and O–H groups in total. The lowest BCUT2D eigenvalue weighted by Crippen LogP contribution is -2.49. The molecule has 1 amide bonds. The number of aromatic amines is 1. The van der Waals surface area contributed by atoms with Crippen LogP contribution < -0.4 is 5.32 Å². The molecule has 2 aromatic rings. The first-order chi connectivity index (χ1) is 11.1. The van der Waals surface area contributed by atoms with Crippen LogP contribution in [0.5, 0.6) is 0 Å². The van der Waals surface area contributed by atoms with Gasteiger partial charge in [0.15, 0.2) is 0 Å². The minimum Gasteiger partial charge on any atom is -0.353 e. The number of nitrogens with one attached hydrogen (secondary N) is 2. The Morgan fingerprint density at radius 3 is 2.74 bits per heavy atom. The molecule has 1 saturated heterocycles. The van der Waals surface area contributed by atoms with E-state index in [0.29, 0.717) is 13.1 Å². The number of nitrogens with zero attached hydrogens (tertiary/aromatic N) is 2. The Bertz CT molecular complexity index is 695. The highest BCUT2D eigenvalue weighted by Gasteiger charge is 2.31. The smallest absolute Gasteiger partial charge is 0.242 e. The van der Waals surface area contributed by atoms with Gasteiger partial charge < -0.3 is 10.3 Å². The lowest BCUT2D eigenvalue weighted by molar-refractivity contribution is -0.129. The molecule has 0 radical (unpaired) electrons. The lowest BCUT2D eigenvalue weighted by atomic mass is 10.0. The van der Waals surface area contributed by atoms with Crippen LogP contribution in [0.25, 0.3) is 0 Å². The van der Waals surface area contributed by atoms with Gasteiger partial charge in [-0.25, -0.2) is 9.37 Å². The predicted octanol–water partition coefficient (Wildman–Crippen LogP) is 2.09. The maximum Gasteiger partial charge on any atom is 0.242 e. The van der Waals surface area contributed by atoms with Crippen molar-refractivity contribution in [1.29, 1.82) is 0 Å². The number of hydrogen-bond donors (Lipinski definition) is 2. The molecule has 1 aliphatic rings. The highest BCUT2D eigenvalue weighted by atomic mass is 19.1. The minimum absolute atomic E-state index is 0.0493. The Kier molecular flexibility index (Phi) is 4.43. The zero-order chi connectivity index (χ0) is 16.4. The Balaban J connectivity index is 1.87. The molecule has 2 heterocycles. The summed E-state index contributed by atoms with van der Waals surface area (Å²) < 4.78 is 13.2. The largest absolute Gasteiger partial charge is 0.353 e. The fourth-order valence-electron chi connectivity index (χ4n) is 2.97. The van der Waals surface area contributed by atoms with Crippen LogP contribution in [0.3, 0.4) is 0 Å². The monoisotopic (exact) mass is 316 g/mol. The number of piperazine rings is 1. The number of halogens is 1. The van der Waals surface area contributed by atoms with Crippen molar-refractivity contribution in [2.24, 2.45) is 0 Å². The Labute approximate surface area is 134 Å². The third kappa shape index (κ3) is 3.27. The summed E-state index contributed by atoms with van der Waals surface area (Å²) in [6.45, 7) is 6.00. The molecular weight excluding hydrogens is 295 g/mol. The third-order valence-electron chi connectivity index (χ3n) is 4.22. The Morgan fingerprint density at radius 2 is 2.09 bits per heavy atom. The molecule has 0 aliphatic carbocycles. The summed E-state index contributed by atoms with van der Waals surface area (Å²) in [7, 11) is 0. The van der Waals surface area contributed by atoms with Crippen LogP contribution in [-0.4, -0.2) is 33.9 Å². The molecule has 5 nitrogen and oxygen atoms in total. The Hall–Kier alpha value is -2.21. The maximum absolute atomic E-state index is 13.2. The summed E-state index contributed by atoms with van der Waals surface area (Å²) in [5, 5.41) is 2.89. The van der Waals surface area contributed by atoms with E-state index < -0.39 is 6.04 Å². The van der Waals surface area contributed by atoms with Gasteiger partial charge in [0, 0.05) is 31.7 Å². The van der Waals surface area contributed by atoms with E-state index in [1.165, 1.54) is 12.1 Å². The van der Waals surface area contributed by atoms with Crippen molar-refractivity contribution in [3.05, 3.63) is 52.9 Å². The number of amides is 1. The third-order valence-corrected chi connectivity index (χ3v) is 4.22. The summed E-state index contributed by atoms with van der Waals surface area (Å²) in [6.07, 6.45) is 0.850. The molecule has 0 saturated carbocycles. The Morgan fingerprint density at radius 1 is 1.35 bits per heavy atom. The van der Waals surface area contributed by atoms with Crippen LogP contribution in [-0.2, 0) is 17.8 Å². The van der Waals surface area contributed by atoms with E-state index in [2.05, 4.69) is 27.1 Å². The van der Waals surface area contributed by atoms with Crippen LogP contribution in [0.1, 0.15) is 35.7 Å². The van der Waals surface area contributed by atoms with Crippen molar-refractivity contribution in [3.8, 4) is 0 Å². The van der Waals surface area contributed by atoms with Crippen molar-refractivity contribution < 1.29 is 9.18 Å². The summed E-state index contributed by atoms with van der Waals surface area (Å²) in [5.74, 6) is 0.608. The van der Waals surface area contributed by atoms with Gasteiger partial charge >= 0.3 is 0 Å². The zero-order valence-electron chi connectivity index (χ0n) is 13.4. The number of carbonyl (C=O) groups excluding carboxylic acids is 1. The van der Waals surface area contributed by atoms with Gasteiger partial charge in [0.25, 0.3) is 0 Å². The van der Waals surface area contributed by atoms with Gasteiger partial charge in [0.2, 0.25) is 5.91 Å². The molecule has 1 fully saturated rings. The van der Waals surface area contributed by atoms with Crippen LogP contribution in [0.2, 0.25) is 0 Å². The average Bonchev–Trinajstić information content (AvgIpc) is 2.89. The van der Waals surface area contributed by atoms with Crippen molar-refractivity contribution in [1.82, 2.24) is 20.2 Å². The fourth-order valence-corrected chi connectivity index (χ4v) is 2.97. The summed E-state index contributed by atoms with van der Waals surface area (Å²) >= 11 is 0. The van der Waals surface area contributed by atoms with Gasteiger partial charge in [-0.05, 0) is 24.6 Å². The molecular formula is C17H21FN4O. The standard InChI is InChI=1S/C17H21FN4O/c1-3-15-20-11(2)14(21-15)10-22-9-8-19-17(23)16(22)12-4-6-13(18)7-5-12/h4-7,16H,3,8-10H2,1-2H3,(H,19,23)(H,20,21)/t16-/m1/s1. The number of imidazole rings is 1. The number of aromatic nitrogens is 2. The summed E-state index contributed by atoms with van der Waals surface area (Å²) in [5.41, 5.74) is 2.79. The fraction of sp³-hybridized carbons (Fsp3) is 0.412. The van der Waals surface area contributed by atoms with E-state index in [4.69, 9.17) is 0 Å². The predicted molar refractivity (Wildman–Crippen MR) is 85.3 cm³/mol. The van der Waals surface area contributed by atoms with Crippen LogP contribution in [0, 0.1) is 12.7 Å². The van der Waals surface area contributed by atoms with Gasteiger partial charge in [-0.1, -0.05) is 19.1 Å². The first-order valence-electron chi connectivity index (χ1n) is 7.90. The molecule has 0 unspecified atom stereocenters. The van der Waals surface area contributed by atoms with Crippen LogP contribution in [0.4, 0.5) is 4.39 Å². The molecule has 1 aromatic heterocycles. The molecule has 1 aliphatic heterocycles. The zero-order valence-corrected chi connectivity index (χ0v) is 13.4. The second kappa shape index (κ2) is 6.50. The first kappa shape index (κ1) is 15.7. The van der Waals surface area contributed by atoms with Gasteiger partial charge in [-0.2, -0.15) is 0 Å². The average molecular weight is 316 g/mol. The van der Waals surface area contributed by atoms with Crippen molar-refractivity contribution >= 4 is 5.91 Å². The number of carbonyl (C=O) groups is 1. The van der Waals surface area contributed by atoms with Crippen molar-refractivity contribution in [3.63, 3.8) is 0 Å². The second-order valence-corrected chi connectivity index (χ2v) is 5.82. The van der Waals surface area contributed by atoms with Crippen LogP contribution >= 0.6 is 0 Å². The second-order valence-electron chi connectivity index (χ2n) is 5.82. The normalized spacial score (nSPS) is 18.9. The van der Waals surface area contributed by atoms with Gasteiger partial charge in [0.1, 0.15) is 17.7 Å². The molecule has 1 aromatic carbocycles. The molecule has 0 bridgehead atoms. The molecule has 6 heteroatoms. The number of hydrogen-bond acceptors (Lipinski definition) is 3. The van der Waals surface area contributed by atoms with Crippen LogP contribution in [0.15, 0.2) is 24.3 Å². The molecule has 1 atom stereocenters. The highest BCUT2D eigenvalue weighted by molar-refractivity contribution is 5.83. The number of aryl methyl sites for hydroxylation is 2. The molecule has 0 spiro atoms. The first-order valence-corrected chi connectivity index (χ1v) is 7.90. The van der Waals surface area contributed by atoms with Gasteiger partial charge in [-0.3, -0.25) is 9.69 Å². The van der Waals surface area contributed by atoms with Crippen molar-refractivity contribution in [2.75, 3.05) is 13.1 Å². The number of benzene rings is 1. The van der Waals surface area contributed by atoms with E-state index in [-0.39, 0.29) is 11.7 Å². The van der Waals surface area contributed by atoms with Gasteiger partial charge in [0.05, 0.1) is 5.69 Å². The van der Waals surface area contributed by atoms with Crippen molar-refractivity contribution in [2.45, 2.75) is 32.9 Å². The van der Waals surface area contributed by atoms with E-state index in [1.54, 1.807) is 12.1 Å². The SMILES string of the molecule is CCc1nc(CN2CCNC(=O)[C@H]2c2ccc(F)cc2)c(C)[nH]1. The molecule has 23 heavy (non-hydrogen) atoms. The summed E-state index contributed by atoms with van der Waals surface area (Å²) in [4.78, 5) is 22.3. The molecule has 122 valence electrons. The van der Waals surface area contributed by atoms with E-state index in [0.717, 1.165) is 35.7 Å². The van der Waals surface area contributed by atoms with Gasteiger partial charge in [-0.15, -0.1) is 0 Å². The maximum atomic E-state index is 13.2. The summed E-state index contributed by atoms with van der Waals surface area (Å²) in [6, 6.07) is 5.72. The minimum atomic E-state index is -0.412. The van der Waals surface area contributed by atoms with E-state index >= 15 is 0 Å². The quantitative estimate of drug-likeness (QED) is 0.908. The van der Waals surface area contributed by atoms with E-state index in [9.17, 15) is 9.18 Å². The highest BCUT2D eigenvalue weighted by Crippen LogP contribution is 2.25. The molecule has 3 rings (SSSR count). The lowest BCUT2D eigenvalue weighted by Gasteiger charge is -2.35. The topological polar surface area (TPSA) is 61.0 Å².